The monoisotopic (exact) mass is 241 g/mol. The molecule has 0 radical (unpaired) electrons. The maximum atomic E-state index is 3.55. The minimum absolute atomic E-state index is 0.810. The Morgan fingerprint density at radius 3 is 2.46 bits per heavy atom. The molecule has 1 saturated carbocycles. The van der Waals surface area contributed by atoms with E-state index in [1.165, 1.54) is 42.4 Å². The fraction of sp³-hybridized carbons (Fsp3) is 0.636. The van der Waals surface area contributed by atoms with Crippen LogP contribution in [0, 0.1) is 0 Å². The lowest BCUT2D eigenvalue weighted by Gasteiger charge is -2.22. The summed E-state index contributed by atoms with van der Waals surface area (Å²) < 4.78 is 3.48. The summed E-state index contributed by atoms with van der Waals surface area (Å²) in [6, 6.07) is 4.42. The predicted molar refractivity (Wildman–Crippen MR) is 58.9 cm³/mol. The summed E-state index contributed by atoms with van der Waals surface area (Å²) in [6.07, 6.45) is 7.01. The second kappa shape index (κ2) is 3.87. The Morgan fingerprint density at radius 1 is 1.23 bits per heavy atom. The summed E-state index contributed by atoms with van der Waals surface area (Å²) in [4.78, 5) is 0. The number of halogens is 1. The third-order valence-corrected chi connectivity index (χ3v) is 3.92. The van der Waals surface area contributed by atoms with E-state index in [0.29, 0.717) is 0 Å². The highest BCUT2D eigenvalue weighted by Crippen LogP contribution is 2.33. The maximum absolute atomic E-state index is 3.55. The maximum Gasteiger partial charge on any atom is 0.0846 e. The normalized spacial score (nSPS) is 19.2. The van der Waals surface area contributed by atoms with E-state index >= 15 is 0 Å². The standard InChI is InChI=1S/C11H16BrN/c1-13-10(7-8-11(13)12)9-5-3-2-4-6-9/h7-9H,2-6H2,1H3. The fourth-order valence-electron chi connectivity index (χ4n) is 2.31. The minimum Gasteiger partial charge on any atom is -0.342 e. The second-order valence-corrected chi connectivity index (χ2v) is 4.79. The Balaban J connectivity index is 2.18. The lowest BCUT2D eigenvalue weighted by atomic mass is 9.87. The van der Waals surface area contributed by atoms with Crippen molar-refractivity contribution in [2.45, 2.75) is 38.0 Å². The van der Waals surface area contributed by atoms with Crippen molar-refractivity contribution in [3.05, 3.63) is 22.4 Å². The molecule has 0 aromatic carbocycles. The first kappa shape index (κ1) is 9.32. The zero-order valence-corrected chi connectivity index (χ0v) is 9.68. The van der Waals surface area contributed by atoms with Gasteiger partial charge in [-0.2, -0.15) is 0 Å². The zero-order valence-electron chi connectivity index (χ0n) is 8.09. The van der Waals surface area contributed by atoms with E-state index < -0.39 is 0 Å². The average molecular weight is 242 g/mol. The Labute approximate surface area is 88.3 Å². The Morgan fingerprint density at radius 2 is 1.92 bits per heavy atom. The van der Waals surface area contributed by atoms with Crippen LogP contribution in [-0.2, 0) is 7.05 Å². The highest BCUT2D eigenvalue weighted by atomic mass is 79.9. The van der Waals surface area contributed by atoms with Crippen LogP contribution in [0.4, 0.5) is 0 Å². The van der Waals surface area contributed by atoms with E-state index in [0.717, 1.165) is 5.92 Å². The first-order valence-electron chi connectivity index (χ1n) is 5.10. The summed E-state index contributed by atoms with van der Waals surface area (Å²) in [5.74, 6) is 0.810. The molecule has 1 aliphatic carbocycles. The molecule has 0 bridgehead atoms. The summed E-state index contributed by atoms with van der Waals surface area (Å²) in [5.41, 5.74) is 1.51. The smallest absolute Gasteiger partial charge is 0.0846 e. The Hall–Kier alpha value is -0.240. The quantitative estimate of drug-likeness (QED) is 0.705. The van der Waals surface area contributed by atoms with Crippen LogP contribution in [0.25, 0.3) is 0 Å². The van der Waals surface area contributed by atoms with Gasteiger partial charge in [0.05, 0.1) is 4.60 Å². The van der Waals surface area contributed by atoms with E-state index in [4.69, 9.17) is 0 Å². The number of aromatic nitrogens is 1. The van der Waals surface area contributed by atoms with Gasteiger partial charge >= 0.3 is 0 Å². The molecule has 1 nitrogen and oxygen atoms in total. The van der Waals surface area contributed by atoms with E-state index in [1.807, 2.05) is 0 Å². The molecular weight excluding hydrogens is 226 g/mol. The van der Waals surface area contributed by atoms with Crippen LogP contribution in [-0.4, -0.2) is 4.57 Å². The van der Waals surface area contributed by atoms with E-state index in [9.17, 15) is 0 Å². The molecule has 1 fully saturated rings. The molecule has 2 rings (SSSR count). The van der Waals surface area contributed by atoms with Crippen molar-refractivity contribution in [3.8, 4) is 0 Å². The highest BCUT2D eigenvalue weighted by molar-refractivity contribution is 9.10. The van der Waals surface area contributed by atoms with Crippen molar-refractivity contribution in [2.24, 2.45) is 7.05 Å². The van der Waals surface area contributed by atoms with Gasteiger partial charge in [-0.1, -0.05) is 19.3 Å². The number of nitrogens with zero attached hydrogens (tertiary/aromatic N) is 1. The summed E-state index contributed by atoms with van der Waals surface area (Å²) in [7, 11) is 2.15. The van der Waals surface area contributed by atoms with Gasteiger partial charge in [-0.05, 0) is 46.8 Å². The van der Waals surface area contributed by atoms with Gasteiger partial charge in [0.1, 0.15) is 0 Å². The van der Waals surface area contributed by atoms with Gasteiger partial charge in [-0.3, -0.25) is 0 Å². The molecule has 0 atom stereocenters. The zero-order chi connectivity index (χ0) is 9.26. The molecule has 2 heteroatoms. The van der Waals surface area contributed by atoms with E-state index in [2.05, 4.69) is 39.7 Å². The molecule has 1 aromatic rings. The third-order valence-electron chi connectivity index (χ3n) is 3.12. The SMILES string of the molecule is Cn1c(Br)ccc1C1CCCCC1. The first-order valence-corrected chi connectivity index (χ1v) is 5.89. The lowest BCUT2D eigenvalue weighted by Crippen LogP contribution is -2.08. The molecule has 0 unspecified atom stereocenters. The first-order chi connectivity index (χ1) is 6.29. The van der Waals surface area contributed by atoms with Crippen LogP contribution in [0.2, 0.25) is 0 Å². The third kappa shape index (κ3) is 1.83. The molecule has 0 aliphatic heterocycles. The molecule has 1 heterocycles. The van der Waals surface area contributed by atoms with Crippen molar-refractivity contribution in [1.29, 1.82) is 0 Å². The van der Waals surface area contributed by atoms with Gasteiger partial charge in [0.15, 0.2) is 0 Å². The summed E-state index contributed by atoms with van der Waals surface area (Å²) >= 11 is 3.55. The van der Waals surface area contributed by atoms with E-state index in [-0.39, 0.29) is 0 Å². The number of hydrogen-bond acceptors (Lipinski definition) is 0. The predicted octanol–water partition coefficient (Wildman–Crippen LogP) is 3.84. The van der Waals surface area contributed by atoms with Gasteiger partial charge in [-0.15, -0.1) is 0 Å². The lowest BCUT2D eigenvalue weighted by molar-refractivity contribution is 0.428. The minimum atomic E-state index is 0.810. The molecule has 1 aliphatic rings. The summed E-state index contributed by atoms with van der Waals surface area (Å²) in [5, 5.41) is 0. The molecule has 0 N–H and O–H groups in total. The van der Waals surface area contributed by atoms with Crippen molar-refractivity contribution in [2.75, 3.05) is 0 Å². The molecule has 0 amide bonds. The van der Waals surface area contributed by atoms with Crippen LogP contribution in [0.3, 0.4) is 0 Å². The molecule has 13 heavy (non-hydrogen) atoms. The van der Waals surface area contributed by atoms with Crippen LogP contribution in [0.5, 0.6) is 0 Å². The average Bonchev–Trinajstić information content (AvgIpc) is 2.49. The van der Waals surface area contributed by atoms with Crippen LogP contribution < -0.4 is 0 Å². The highest BCUT2D eigenvalue weighted by Gasteiger charge is 2.18. The van der Waals surface area contributed by atoms with Crippen molar-refractivity contribution in [3.63, 3.8) is 0 Å². The van der Waals surface area contributed by atoms with Crippen molar-refractivity contribution in [1.82, 2.24) is 4.57 Å². The largest absolute Gasteiger partial charge is 0.342 e. The van der Waals surface area contributed by atoms with Crippen molar-refractivity contribution >= 4 is 15.9 Å². The van der Waals surface area contributed by atoms with Gasteiger partial charge in [0, 0.05) is 12.7 Å². The van der Waals surface area contributed by atoms with E-state index in [1.54, 1.807) is 0 Å². The second-order valence-electron chi connectivity index (χ2n) is 3.97. The topological polar surface area (TPSA) is 4.93 Å². The molecule has 0 spiro atoms. The number of rotatable bonds is 1. The fourth-order valence-corrected chi connectivity index (χ4v) is 2.65. The molecule has 1 aromatic heterocycles. The van der Waals surface area contributed by atoms with Gasteiger partial charge in [0.2, 0.25) is 0 Å². The number of hydrogen-bond donors (Lipinski definition) is 0. The summed E-state index contributed by atoms with van der Waals surface area (Å²) in [6.45, 7) is 0. The molecular formula is C11H16BrN. The van der Waals surface area contributed by atoms with Crippen molar-refractivity contribution < 1.29 is 0 Å². The van der Waals surface area contributed by atoms with Gasteiger partial charge < -0.3 is 4.57 Å². The Kier molecular flexibility index (Phi) is 2.77. The van der Waals surface area contributed by atoms with Crippen LogP contribution in [0.1, 0.15) is 43.7 Å². The van der Waals surface area contributed by atoms with Crippen LogP contribution >= 0.6 is 15.9 Å². The molecule has 0 saturated heterocycles. The molecule has 72 valence electrons. The Bertz CT molecular complexity index is 284. The van der Waals surface area contributed by atoms with Gasteiger partial charge in [-0.25, -0.2) is 0 Å². The van der Waals surface area contributed by atoms with Crippen LogP contribution in [0.15, 0.2) is 16.7 Å². The van der Waals surface area contributed by atoms with Gasteiger partial charge in [0.25, 0.3) is 0 Å².